The number of carbonyl (C=O) groups is 1. The van der Waals surface area contributed by atoms with Gasteiger partial charge in [-0.1, -0.05) is 18.2 Å². The number of hydrogen-bond acceptors (Lipinski definition) is 5. The minimum Gasteiger partial charge on any atom is -0.351 e. The summed E-state index contributed by atoms with van der Waals surface area (Å²) < 4.78 is 40.9. The molecule has 0 unspecified atom stereocenters. The molecular weight excluding hydrogens is 445 g/mol. The predicted octanol–water partition coefficient (Wildman–Crippen LogP) is 4.45. The third-order valence-electron chi connectivity index (χ3n) is 5.09. The second-order valence-corrected chi connectivity index (χ2v) is 7.96. The third kappa shape index (κ3) is 5.34. The summed E-state index contributed by atoms with van der Waals surface area (Å²) in [5.74, 6) is 0.118. The number of halogens is 3. The van der Waals surface area contributed by atoms with Crippen LogP contribution in [0.2, 0.25) is 0 Å². The molecule has 176 valence electrons. The fraction of sp³-hybridized carbons (Fsp3) is 0.208. The Labute approximate surface area is 194 Å². The highest BCUT2D eigenvalue weighted by atomic mass is 19.4. The number of benzene rings is 2. The Bertz CT molecular complexity index is 1300. The van der Waals surface area contributed by atoms with Crippen LogP contribution in [-0.4, -0.2) is 52.6 Å². The van der Waals surface area contributed by atoms with E-state index in [0.29, 0.717) is 34.7 Å². The summed E-state index contributed by atoms with van der Waals surface area (Å²) in [6, 6.07) is 17.1. The van der Waals surface area contributed by atoms with Crippen LogP contribution in [0.1, 0.15) is 15.9 Å². The average Bonchev–Trinajstić information content (AvgIpc) is 3.21. The van der Waals surface area contributed by atoms with E-state index in [9.17, 15) is 18.0 Å². The molecule has 0 aliphatic heterocycles. The van der Waals surface area contributed by atoms with Gasteiger partial charge >= 0.3 is 6.18 Å². The van der Waals surface area contributed by atoms with Gasteiger partial charge in [0.15, 0.2) is 5.65 Å². The molecule has 0 atom stereocenters. The molecule has 2 aromatic heterocycles. The molecule has 0 aliphatic carbocycles. The van der Waals surface area contributed by atoms with Crippen molar-refractivity contribution in [2.24, 2.45) is 0 Å². The quantitative estimate of drug-likeness (QED) is 0.419. The number of rotatable bonds is 7. The maximum absolute atomic E-state index is 13.1. The van der Waals surface area contributed by atoms with Crippen LogP contribution in [0, 0.1) is 0 Å². The number of carbonyl (C=O) groups excluding carboxylic acids is 1. The number of likely N-dealkylation sites (N-methyl/N-ethyl adjacent to an activating group) is 1. The van der Waals surface area contributed by atoms with Crippen molar-refractivity contribution in [3.05, 3.63) is 77.9 Å². The molecule has 0 fully saturated rings. The first-order chi connectivity index (χ1) is 16.2. The highest BCUT2D eigenvalue weighted by Crippen LogP contribution is 2.32. The van der Waals surface area contributed by atoms with E-state index in [2.05, 4.69) is 20.7 Å². The van der Waals surface area contributed by atoms with Gasteiger partial charge in [0, 0.05) is 29.9 Å². The molecular formula is C24H23F3N6O. The number of nitrogens with one attached hydrogen (secondary N) is 2. The van der Waals surface area contributed by atoms with Crippen LogP contribution in [0.4, 0.5) is 24.8 Å². The van der Waals surface area contributed by atoms with Crippen LogP contribution in [-0.2, 0) is 6.18 Å². The Kier molecular flexibility index (Phi) is 6.51. The van der Waals surface area contributed by atoms with Crippen molar-refractivity contribution < 1.29 is 18.0 Å². The minimum atomic E-state index is -4.44. The number of amides is 1. The minimum absolute atomic E-state index is 0.162. The fourth-order valence-corrected chi connectivity index (χ4v) is 3.36. The molecule has 0 radical (unpaired) electrons. The molecule has 34 heavy (non-hydrogen) atoms. The summed E-state index contributed by atoms with van der Waals surface area (Å²) >= 11 is 0. The average molecular weight is 468 g/mol. The Morgan fingerprint density at radius 1 is 1.03 bits per heavy atom. The van der Waals surface area contributed by atoms with Crippen molar-refractivity contribution in [1.82, 2.24) is 24.8 Å². The van der Waals surface area contributed by atoms with E-state index in [1.54, 1.807) is 48.5 Å². The number of alkyl halides is 3. The lowest BCUT2D eigenvalue weighted by Gasteiger charge is -2.10. The second-order valence-electron chi connectivity index (χ2n) is 7.96. The lowest BCUT2D eigenvalue weighted by atomic mass is 10.1. The maximum atomic E-state index is 13.1. The monoisotopic (exact) mass is 468 g/mol. The van der Waals surface area contributed by atoms with Crippen molar-refractivity contribution in [2.75, 3.05) is 32.5 Å². The summed E-state index contributed by atoms with van der Waals surface area (Å²) in [7, 11) is 3.87. The number of nitrogens with zero attached hydrogens (tertiary/aromatic N) is 4. The summed E-state index contributed by atoms with van der Waals surface area (Å²) in [4.78, 5) is 18.6. The van der Waals surface area contributed by atoms with Crippen molar-refractivity contribution in [3.63, 3.8) is 0 Å². The van der Waals surface area contributed by atoms with Crippen molar-refractivity contribution in [2.45, 2.75) is 6.18 Å². The zero-order chi connectivity index (χ0) is 24.3. The van der Waals surface area contributed by atoms with Crippen molar-refractivity contribution >= 4 is 23.2 Å². The first kappa shape index (κ1) is 23.2. The van der Waals surface area contributed by atoms with Crippen LogP contribution in [0.25, 0.3) is 16.9 Å². The van der Waals surface area contributed by atoms with Crippen LogP contribution in [0.15, 0.2) is 66.7 Å². The maximum Gasteiger partial charge on any atom is 0.416 e. The van der Waals surface area contributed by atoms with Crippen LogP contribution >= 0.6 is 0 Å². The number of aromatic nitrogens is 3. The van der Waals surface area contributed by atoms with Gasteiger partial charge in [0.2, 0.25) is 5.95 Å². The molecule has 0 aliphatic rings. The first-order valence-corrected chi connectivity index (χ1v) is 10.5. The molecule has 0 spiro atoms. The zero-order valence-corrected chi connectivity index (χ0v) is 18.6. The van der Waals surface area contributed by atoms with E-state index in [1.807, 2.05) is 19.0 Å². The lowest BCUT2D eigenvalue weighted by molar-refractivity contribution is -0.137. The first-order valence-electron chi connectivity index (χ1n) is 10.5. The molecule has 0 saturated carbocycles. The van der Waals surface area contributed by atoms with Gasteiger partial charge in [-0.2, -0.15) is 18.2 Å². The van der Waals surface area contributed by atoms with Gasteiger partial charge in [0.1, 0.15) is 0 Å². The van der Waals surface area contributed by atoms with Crippen LogP contribution in [0.3, 0.4) is 0 Å². The van der Waals surface area contributed by atoms with Gasteiger partial charge in [-0.15, -0.1) is 5.10 Å². The van der Waals surface area contributed by atoms with E-state index >= 15 is 0 Å². The van der Waals surface area contributed by atoms with E-state index in [-0.39, 0.29) is 11.9 Å². The van der Waals surface area contributed by atoms with E-state index in [1.165, 1.54) is 10.6 Å². The van der Waals surface area contributed by atoms with Gasteiger partial charge in [0.25, 0.3) is 5.91 Å². The molecule has 0 bridgehead atoms. The normalized spacial score (nSPS) is 11.7. The summed E-state index contributed by atoms with van der Waals surface area (Å²) in [6.07, 6.45) is -4.44. The van der Waals surface area contributed by atoms with Crippen molar-refractivity contribution in [3.8, 4) is 11.3 Å². The molecule has 4 rings (SSSR count). The molecule has 2 N–H and O–H groups in total. The Morgan fingerprint density at radius 3 is 2.47 bits per heavy atom. The SMILES string of the molecule is CN(C)CCNC(=O)c1ccc(Nc2nc3cccc(-c4cccc(C(F)(F)F)c4)n3n2)cc1. The van der Waals surface area contributed by atoms with Crippen LogP contribution in [0.5, 0.6) is 0 Å². The lowest BCUT2D eigenvalue weighted by Crippen LogP contribution is -2.31. The highest BCUT2D eigenvalue weighted by Gasteiger charge is 2.30. The van der Waals surface area contributed by atoms with Crippen molar-refractivity contribution in [1.29, 1.82) is 0 Å². The van der Waals surface area contributed by atoms with Gasteiger partial charge in [-0.05, 0) is 62.6 Å². The standard InChI is InChI=1S/C24H23F3N6O/c1-32(2)14-13-28-22(34)16-9-11-19(12-10-16)29-23-30-21-8-4-7-20(33(21)31-23)17-5-3-6-18(15-17)24(25,26)27/h3-12,15H,13-14H2,1-2H3,(H,28,34)(H,29,31). The molecule has 7 nitrogen and oxygen atoms in total. The number of fused-ring (bicyclic) bond motifs is 1. The zero-order valence-electron chi connectivity index (χ0n) is 18.6. The molecule has 2 heterocycles. The smallest absolute Gasteiger partial charge is 0.351 e. The summed E-state index contributed by atoms with van der Waals surface area (Å²) in [6.45, 7) is 1.29. The Balaban J connectivity index is 1.53. The van der Waals surface area contributed by atoms with Crippen LogP contribution < -0.4 is 10.6 Å². The molecule has 0 saturated heterocycles. The number of pyridine rings is 1. The molecule has 4 aromatic rings. The molecule has 1 amide bonds. The topological polar surface area (TPSA) is 74.6 Å². The summed E-state index contributed by atoms with van der Waals surface area (Å²) in [5.41, 5.74) is 1.80. The van der Waals surface area contributed by atoms with Gasteiger partial charge in [-0.3, -0.25) is 4.79 Å². The number of hydrogen-bond donors (Lipinski definition) is 2. The van der Waals surface area contributed by atoms with E-state index in [0.717, 1.165) is 18.7 Å². The highest BCUT2D eigenvalue weighted by molar-refractivity contribution is 5.94. The summed E-state index contributed by atoms with van der Waals surface area (Å²) in [5, 5.41) is 10.3. The second kappa shape index (κ2) is 9.52. The predicted molar refractivity (Wildman–Crippen MR) is 124 cm³/mol. The molecule has 2 aromatic carbocycles. The van der Waals surface area contributed by atoms with Gasteiger partial charge in [-0.25, -0.2) is 4.52 Å². The fourth-order valence-electron chi connectivity index (χ4n) is 3.36. The Morgan fingerprint density at radius 2 is 1.76 bits per heavy atom. The molecule has 10 heteroatoms. The number of anilines is 2. The Hall–Kier alpha value is -3.92. The van der Waals surface area contributed by atoms with Gasteiger partial charge < -0.3 is 15.5 Å². The third-order valence-corrected chi connectivity index (χ3v) is 5.09. The van der Waals surface area contributed by atoms with E-state index in [4.69, 9.17) is 0 Å². The largest absolute Gasteiger partial charge is 0.416 e. The van der Waals surface area contributed by atoms with Gasteiger partial charge in [0.05, 0.1) is 11.3 Å². The van der Waals surface area contributed by atoms with E-state index < -0.39 is 11.7 Å².